The van der Waals surface area contributed by atoms with Crippen LogP contribution in [0, 0.1) is 11.6 Å². The Hall–Kier alpha value is -2.24. The molecule has 0 aliphatic carbocycles. The first kappa shape index (κ1) is 15.8. The molecule has 20 heavy (non-hydrogen) atoms. The van der Waals surface area contributed by atoms with Crippen LogP contribution >= 0.6 is 0 Å². The van der Waals surface area contributed by atoms with Crippen molar-refractivity contribution in [2.45, 2.75) is 26.3 Å². The van der Waals surface area contributed by atoms with Gasteiger partial charge in [0.1, 0.15) is 17.7 Å². The number of primary amides is 1. The van der Waals surface area contributed by atoms with E-state index in [9.17, 15) is 18.4 Å². The van der Waals surface area contributed by atoms with E-state index in [1.807, 2.05) is 13.8 Å². The highest BCUT2D eigenvalue weighted by Gasteiger charge is 2.18. The van der Waals surface area contributed by atoms with E-state index in [1.54, 1.807) is 6.08 Å². The average Bonchev–Trinajstić information content (AvgIpc) is 2.32. The van der Waals surface area contributed by atoms with Gasteiger partial charge < -0.3 is 11.1 Å². The molecular weight excluding hydrogens is 266 g/mol. The van der Waals surface area contributed by atoms with Crippen LogP contribution in [-0.4, -0.2) is 17.9 Å². The van der Waals surface area contributed by atoms with Crippen LogP contribution in [-0.2, 0) is 4.79 Å². The molecule has 0 saturated heterocycles. The molecule has 108 valence electrons. The molecule has 0 saturated carbocycles. The second-order valence-corrected chi connectivity index (χ2v) is 4.60. The van der Waals surface area contributed by atoms with Gasteiger partial charge in [0.05, 0.1) is 0 Å². The smallest absolute Gasteiger partial charge is 0.252 e. The van der Waals surface area contributed by atoms with Crippen LogP contribution in [0.25, 0.3) is 0 Å². The van der Waals surface area contributed by atoms with Crippen LogP contribution in [0.3, 0.4) is 0 Å². The predicted molar refractivity (Wildman–Crippen MR) is 70.9 cm³/mol. The summed E-state index contributed by atoms with van der Waals surface area (Å²) < 4.78 is 26.0. The van der Waals surface area contributed by atoms with E-state index in [4.69, 9.17) is 5.73 Å². The molecule has 0 radical (unpaired) electrons. The molecule has 0 aliphatic rings. The van der Waals surface area contributed by atoms with Gasteiger partial charge >= 0.3 is 0 Å². The van der Waals surface area contributed by atoms with Gasteiger partial charge in [0.2, 0.25) is 5.91 Å². The van der Waals surface area contributed by atoms with Crippen molar-refractivity contribution in [3.8, 4) is 0 Å². The molecule has 0 bridgehead atoms. The largest absolute Gasteiger partial charge is 0.368 e. The van der Waals surface area contributed by atoms with Crippen molar-refractivity contribution in [3.63, 3.8) is 0 Å². The molecule has 0 fully saturated rings. The Kier molecular flexibility index (Phi) is 5.37. The molecule has 3 N–H and O–H groups in total. The first-order chi connectivity index (χ1) is 9.29. The van der Waals surface area contributed by atoms with Gasteiger partial charge in [-0.3, -0.25) is 9.59 Å². The summed E-state index contributed by atoms with van der Waals surface area (Å²) in [7, 11) is 0. The Bertz CT molecular complexity index is 532. The van der Waals surface area contributed by atoms with E-state index in [1.165, 1.54) is 0 Å². The van der Waals surface area contributed by atoms with E-state index in [0.717, 1.165) is 17.7 Å². The summed E-state index contributed by atoms with van der Waals surface area (Å²) in [5, 5.41) is 2.35. The summed E-state index contributed by atoms with van der Waals surface area (Å²) in [6, 6.07) is 1.50. The number of carbonyl (C=O) groups is 2. The zero-order chi connectivity index (χ0) is 15.3. The highest BCUT2D eigenvalue weighted by molar-refractivity contribution is 5.97. The van der Waals surface area contributed by atoms with Crippen LogP contribution < -0.4 is 11.1 Å². The minimum atomic E-state index is -0.927. The van der Waals surface area contributed by atoms with Crippen molar-refractivity contribution in [2.75, 3.05) is 0 Å². The van der Waals surface area contributed by atoms with Crippen molar-refractivity contribution in [1.82, 2.24) is 5.32 Å². The number of hydrogen-bond acceptors (Lipinski definition) is 2. The van der Waals surface area contributed by atoms with Crippen molar-refractivity contribution < 1.29 is 18.4 Å². The Morgan fingerprint density at radius 1 is 1.25 bits per heavy atom. The molecule has 0 unspecified atom stereocenters. The molecule has 0 aromatic heterocycles. The molecule has 0 heterocycles. The van der Waals surface area contributed by atoms with Crippen molar-refractivity contribution in [2.24, 2.45) is 5.73 Å². The highest BCUT2D eigenvalue weighted by atomic mass is 19.1. The molecule has 4 nitrogen and oxygen atoms in total. The van der Waals surface area contributed by atoms with Gasteiger partial charge in [-0.25, -0.2) is 8.78 Å². The number of benzene rings is 1. The van der Waals surface area contributed by atoms with Gasteiger partial charge in [0.25, 0.3) is 5.91 Å². The fourth-order valence-corrected chi connectivity index (χ4v) is 1.53. The van der Waals surface area contributed by atoms with Crippen LogP contribution in [0.2, 0.25) is 0 Å². The summed E-state index contributed by atoms with van der Waals surface area (Å²) in [5.41, 5.74) is 5.94. The quantitative estimate of drug-likeness (QED) is 0.810. The Morgan fingerprint density at radius 2 is 1.80 bits per heavy atom. The molecule has 0 aliphatic heterocycles. The van der Waals surface area contributed by atoms with E-state index in [2.05, 4.69) is 5.32 Å². The highest BCUT2D eigenvalue weighted by Crippen LogP contribution is 2.09. The van der Waals surface area contributed by atoms with Crippen molar-refractivity contribution >= 4 is 11.8 Å². The van der Waals surface area contributed by atoms with Crippen molar-refractivity contribution in [1.29, 1.82) is 0 Å². The summed E-state index contributed by atoms with van der Waals surface area (Å²) in [5.74, 6) is -3.20. The monoisotopic (exact) mass is 282 g/mol. The van der Waals surface area contributed by atoms with E-state index in [0.29, 0.717) is 6.07 Å². The Balaban J connectivity index is 2.85. The predicted octanol–water partition coefficient (Wildman–Crippen LogP) is 1.90. The Labute approximate surface area is 115 Å². The number of halogens is 2. The minimum Gasteiger partial charge on any atom is -0.368 e. The lowest BCUT2D eigenvalue weighted by atomic mass is 10.1. The van der Waals surface area contributed by atoms with Crippen molar-refractivity contribution in [3.05, 3.63) is 47.0 Å². The zero-order valence-corrected chi connectivity index (χ0v) is 11.2. The van der Waals surface area contributed by atoms with Crippen LogP contribution in [0.4, 0.5) is 8.78 Å². The van der Waals surface area contributed by atoms with Gasteiger partial charge in [-0.2, -0.15) is 0 Å². The van der Waals surface area contributed by atoms with E-state index in [-0.39, 0.29) is 12.0 Å². The summed E-state index contributed by atoms with van der Waals surface area (Å²) in [4.78, 5) is 23.1. The normalized spacial score (nSPS) is 11.6. The van der Waals surface area contributed by atoms with Gasteiger partial charge in [-0.1, -0.05) is 11.6 Å². The molecule has 1 aromatic rings. The van der Waals surface area contributed by atoms with Gasteiger partial charge in [-0.15, -0.1) is 0 Å². The molecule has 1 atom stereocenters. The maximum atomic E-state index is 13.0. The first-order valence-electron chi connectivity index (χ1n) is 5.99. The van der Waals surface area contributed by atoms with E-state index < -0.39 is 29.5 Å². The number of carbonyl (C=O) groups excluding carboxylic acids is 2. The second-order valence-electron chi connectivity index (χ2n) is 4.60. The number of rotatable bonds is 5. The second kappa shape index (κ2) is 6.79. The summed E-state index contributed by atoms with van der Waals surface area (Å²) in [6.45, 7) is 3.67. The third kappa shape index (κ3) is 4.79. The van der Waals surface area contributed by atoms with Crippen LogP contribution in [0.5, 0.6) is 0 Å². The van der Waals surface area contributed by atoms with Gasteiger partial charge in [-0.05, 0) is 32.4 Å². The fraction of sp³-hybridized carbons (Fsp3) is 0.286. The topological polar surface area (TPSA) is 72.2 Å². The molecular formula is C14H16F2N2O2. The average molecular weight is 282 g/mol. The third-order valence-electron chi connectivity index (χ3n) is 2.54. The van der Waals surface area contributed by atoms with Crippen LogP contribution in [0.1, 0.15) is 30.6 Å². The van der Waals surface area contributed by atoms with Gasteiger partial charge in [0, 0.05) is 11.6 Å². The molecule has 2 amide bonds. The zero-order valence-electron chi connectivity index (χ0n) is 11.2. The summed E-state index contributed by atoms with van der Waals surface area (Å²) in [6.07, 6.45) is 1.96. The lowest BCUT2D eigenvalue weighted by Gasteiger charge is -2.14. The first-order valence-corrected chi connectivity index (χ1v) is 5.99. The van der Waals surface area contributed by atoms with Crippen LogP contribution in [0.15, 0.2) is 29.8 Å². The molecule has 0 spiro atoms. The maximum absolute atomic E-state index is 13.0. The number of hydrogen-bond donors (Lipinski definition) is 2. The third-order valence-corrected chi connectivity index (χ3v) is 2.54. The molecule has 6 heteroatoms. The number of nitrogens with two attached hydrogens (primary N) is 1. The van der Waals surface area contributed by atoms with E-state index >= 15 is 0 Å². The molecule has 1 aromatic carbocycles. The molecule has 1 rings (SSSR count). The maximum Gasteiger partial charge on any atom is 0.252 e. The Morgan fingerprint density at radius 3 is 2.25 bits per heavy atom. The standard InChI is InChI=1S/C14H16F2N2O2/c1-8(2)3-4-12(13(17)19)18-14(20)9-5-10(15)7-11(16)6-9/h3,5-7,12H,4H2,1-2H3,(H2,17,19)(H,18,20)/t12-/m1/s1. The fourth-order valence-electron chi connectivity index (χ4n) is 1.53. The minimum absolute atomic E-state index is 0.203. The number of allylic oxidation sites excluding steroid dienone is 1. The van der Waals surface area contributed by atoms with Gasteiger partial charge in [0.15, 0.2) is 0 Å². The number of nitrogens with one attached hydrogen (secondary N) is 1. The number of amides is 2. The summed E-state index contributed by atoms with van der Waals surface area (Å²) >= 11 is 0. The lowest BCUT2D eigenvalue weighted by Crippen LogP contribution is -2.44. The SMILES string of the molecule is CC(C)=CC[C@@H](NC(=O)c1cc(F)cc(F)c1)C(N)=O. The lowest BCUT2D eigenvalue weighted by molar-refractivity contribution is -0.119.